The molecule has 0 aliphatic rings. The van der Waals surface area contributed by atoms with E-state index in [0.29, 0.717) is 0 Å². The van der Waals surface area contributed by atoms with E-state index >= 15 is 0 Å². The fraction of sp³-hybridized carbons (Fsp3) is 0. The monoisotopic (exact) mass is 869 g/mol. The van der Waals surface area contributed by atoms with Gasteiger partial charge in [-0.2, -0.15) is 42.0 Å². The van der Waals surface area contributed by atoms with Crippen molar-refractivity contribution in [2.75, 3.05) is 0 Å². The molecule has 0 atom stereocenters. The van der Waals surface area contributed by atoms with E-state index in [9.17, 15) is 0 Å². The molecule has 3 aromatic heterocycles. The summed E-state index contributed by atoms with van der Waals surface area (Å²) in [5.74, 6) is 0. The van der Waals surface area contributed by atoms with Crippen LogP contribution in [0.1, 0.15) is 0 Å². The van der Waals surface area contributed by atoms with E-state index in [1.54, 1.807) is 0 Å². The van der Waals surface area contributed by atoms with E-state index in [1.807, 2.05) is 34.8 Å². The first-order valence-corrected chi connectivity index (χ1v) is 17.4. The fourth-order valence-electron chi connectivity index (χ4n) is 7.05. The van der Waals surface area contributed by atoms with Gasteiger partial charge in [0, 0.05) is 47.4 Å². The maximum absolute atomic E-state index is 3.69. The summed E-state index contributed by atoms with van der Waals surface area (Å²) < 4.78 is 6.38. The van der Waals surface area contributed by atoms with Gasteiger partial charge >= 0.3 is 31.1 Å². The van der Waals surface area contributed by atoms with Crippen molar-refractivity contribution < 1.29 is 31.1 Å². The Morgan fingerprint density at radius 3 is 2.17 bits per heavy atom. The van der Waals surface area contributed by atoms with E-state index in [-0.39, 0.29) is 31.1 Å². The Morgan fingerprint density at radius 1 is 0.479 bits per heavy atom. The molecule has 0 spiro atoms. The first-order valence-electron chi connectivity index (χ1n) is 15.8. The Balaban J connectivity index is 0.00000314. The van der Waals surface area contributed by atoms with Crippen LogP contribution in [0.25, 0.3) is 90.3 Å². The third kappa shape index (κ3) is 4.71. The normalized spacial score (nSPS) is 11.6. The Hall–Kier alpha value is -4.43. The zero-order valence-electron chi connectivity index (χ0n) is 25.7. The summed E-state index contributed by atoms with van der Waals surface area (Å²) >= 11 is 3.77. The molecule has 0 saturated heterocycles. The van der Waals surface area contributed by atoms with Crippen LogP contribution in [0.15, 0.2) is 152 Å². The number of benzene rings is 7. The molecule has 3 heterocycles. The summed E-state index contributed by atoms with van der Waals surface area (Å²) in [6, 6.07) is 59.5. The van der Waals surface area contributed by atoms with Gasteiger partial charge in [0.1, 0.15) is 0 Å². The predicted molar refractivity (Wildman–Crippen MR) is 203 cm³/mol. The minimum atomic E-state index is 0. The van der Waals surface area contributed by atoms with Crippen molar-refractivity contribution in [1.82, 2.24) is 4.57 Å². The Labute approximate surface area is 310 Å². The summed E-state index contributed by atoms with van der Waals surface area (Å²) in [5.41, 5.74) is 8.08. The number of aromatic nitrogens is 1. The molecule has 4 heteroatoms. The molecule has 0 fully saturated rings. The standard InChI is InChI=1S/C44H25NS2.U/c1-3-11-28(12-4-1)30-15-9-16-31(25-30)32-21-22-34-37(26-32)38-27-41(29-13-5-2-6-14-29)47-43(38)36-23-24-45(42(34)36)39-19-10-18-35-33-17-7-8-20-40(33)46-44(35)39;/h1-11,13-24,26-27H;/q-2;+2. The summed E-state index contributed by atoms with van der Waals surface area (Å²) in [4.78, 5) is 1.28. The zero-order valence-corrected chi connectivity index (χ0v) is 31.5. The molecule has 10 rings (SSSR count). The second-order valence-electron chi connectivity index (χ2n) is 11.9. The van der Waals surface area contributed by atoms with Gasteiger partial charge in [0.2, 0.25) is 0 Å². The van der Waals surface area contributed by atoms with Gasteiger partial charge in [0.05, 0.1) is 15.9 Å². The Morgan fingerprint density at radius 2 is 1.27 bits per heavy atom. The van der Waals surface area contributed by atoms with Crippen LogP contribution in [0.3, 0.4) is 0 Å². The summed E-state index contributed by atoms with van der Waals surface area (Å²) in [5, 5.41) is 7.73. The maximum Gasteiger partial charge on any atom is 2.00 e. The predicted octanol–water partition coefficient (Wildman–Crippen LogP) is 13.0. The molecular weight excluding hydrogens is 845 g/mol. The molecule has 0 bridgehead atoms. The Kier molecular flexibility index (Phi) is 7.37. The number of fused-ring (bicyclic) bond motifs is 9. The minimum Gasteiger partial charge on any atom is -0.314 e. The molecule has 48 heavy (non-hydrogen) atoms. The van der Waals surface area contributed by atoms with E-state index < -0.39 is 0 Å². The first kappa shape index (κ1) is 29.7. The van der Waals surface area contributed by atoms with Crippen LogP contribution in [0.4, 0.5) is 0 Å². The molecule has 0 N–H and O–H groups in total. The number of thiophene rings is 2. The van der Waals surface area contributed by atoms with Crippen molar-refractivity contribution >= 4 is 74.6 Å². The van der Waals surface area contributed by atoms with Gasteiger partial charge in [-0.15, -0.1) is 46.4 Å². The summed E-state index contributed by atoms with van der Waals surface area (Å²) in [7, 11) is 0. The molecular formula is C44H25NS2U. The van der Waals surface area contributed by atoms with Gasteiger partial charge in [-0.3, -0.25) is 0 Å². The molecule has 1 nitrogen and oxygen atoms in total. The zero-order chi connectivity index (χ0) is 30.9. The summed E-state index contributed by atoms with van der Waals surface area (Å²) in [6.45, 7) is 0. The van der Waals surface area contributed by atoms with Crippen molar-refractivity contribution in [1.29, 1.82) is 0 Å². The van der Waals surface area contributed by atoms with Gasteiger partial charge in [-0.25, -0.2) is 5.56 Å². The largest absolute Gasteiger partial charge is 2.00 e. The molecule has 0 aliphatic carbocycles. The van der Waals surface area contributed by atoms with Gasteiger partial charge in [-0.1, -0.05) is 84.4 Å². The molecule has 7 aromatic carbocycles. The SMILES string of the molecule is [U+2].[c-]1ccccc1-c1[c-]c(-c2ccc3c(c2)c2cc(-c4ccccc4)sc2c2ccn(-c4cccc5c4sc4ccccc45)c32)ccc1. The second kappa shape index (κ2) is 11.9. The average molecular weight is 870 g/mol. The van der Waals surface area contributed by atoms with Gasteiger partial charge in [0.25, 0.3) is 0 Å². The van der Waals surface area contributed by atoms with Crippen LogP contribution in [0, 0.1) is 43.2 Å². The molecule has 0 saturated carbocycles. The van der Waals surface area contributed by atoms with Crippen molar-refractivity contribution in [2.24, 2.45) is 0 Å². The average Bonchev–Trinajstić information content (AvgIpc) is 3.88. The maximum atomic E-state index is 3.69. The van der Waals surface area contributed by atoms with Crippen LogP contribution >= 0.6 is 22.7 Å². The molecule has 0 aliphatic heterocycles. The second-order valence-corrected chi connectivity index (χ2v) is 14.0. The van der Waals surface area contributed by atoms with Crippen LogP contribution in [-0.4, -0.2) is 4.57 Å². The molecule has 0 unspecified atom stereocenters. The summed E-state index contributed by atoms with van der Waals surface area (Å²) in [6.07, 6.45) is 2.27. The van der Waals surface area contributed by atoms with Crippen molar-refractivity contribution in [3.8, 4) is 38.4 Å². The van der Waals surface area contributed by atoms with E-state index in [4.69, 9.17) is 0 Å². The minimum absolute atomic E-state index is 0. The molecule has 222 valence electrons. The van der Waals surface area contributed by atoms with Gasteiger partial charge < -0.3 is 4.57 Å². The Bertz CT molecular complexity index is 2790. The van der Waals surface area contributed by atoms with Crippen molar-refractivity contribution in [3.05, 3.63) is 164 Å². The van der Waals surface area contributed by atoms with E-state index in [1.165, 1.54) is 68.1 Å². The van der Waals surface area contributed by atoms with Crippen LogP contribution in [0.5, 0.6) is 0 Å². The molecule has 0 amide bonds. The van der Waals surface area contributed by atoms with Gasteiger partial charge in [-0.05, 0) is 35.2 Å². The molecule has 10 aromatic rings. The first-order chi connectivity index (χ1) is 23.3. The van der Waals surface area contributed by atoms with Crippen molar-refractivity contribution in [3.63, 3.8) is 0 Å². The molecule has 0 radical (unpaired) electrons. The quantitative estimate of drug-likeness (QED) is 0.155. The van der Waals surface area contributed by atoms with E-state index in [2.05, 4.69) is 156 Å². The third-order valence-electron chi connectivity index (χ3n) is 9.23. The van der Waals surface area contributed by atoms with Crippen LogP contribution in [0.2, 0.25) is 0 Å². The van der Waals surface area contributed by atoms with Crippen LogP contribution in [-0.2, 0) is 0 Å². The number of hydrogen-bond donors (Lipinski definition) is 0. The number of hydrogen-bond acceptors (Lipinski definition) is 2. The fourth-order valence-corrected chi connectivity index (χ4v) is 9.46. The topological polar surface area (TPSA) is 4.93 Å². The van der Waals surface area contributed by atoms with E-state index in [0.717, 1.165) is 22.3 Å². The van der Waals surface area contributed by atoms with Gasteiger partial charge in [0.15, 0.2) is 0 Å². The number of nitrogens with zero attached hydrogens (tertiary/aromatic N) is 1. The van der Waals surface area contributed by atoms with Crippen molar-refractivity contribution in [2.45, 2.75) is 0 Å². The smallest absolute Gasteiger partial charge is 0.314 e. The number of rotatable bonds is 4. The van der Waals surface area contributed by atoms with Crippen LogP contribution < -0.4 is 0 Å². The third-order valence-corrected chi connectivity index (χ3v) is 11.7.